The minimum absolute atomic E-state index is 0.191. The summed E-state index contributed by atoms with van der Waals surface area (Å²) in [4.78, 5) is -5.28. The van der Waals surface area contributed by atoms with Gasteiger partial charge in [-0.2, -0.15) is 0 Å². The van der Waals surface area contributed by atoms with Crippen LogP contribution in [0.2, 0.25) is 0 Å². The van der Waals surface area contributed by atoms with Crippen LogP contribution in [0, 0.1) is 23.7 Å². The Hall–Kier alpha value is 2.96. The first-order chi connectivity index (χ1) is 13.6. The van der Waals surface area contributed by atoms with Crippen molar-refractivity contribution in [2.24, 2.45) is 23.7 Å². The Labute approximate surface area is 234 Å². The zero-order chi connectivity index (χ0) is 22.4. The maximum atomic E-state index is 7.02. The van der Waals surface area contributed by atoms with E-state index < -0.39 is 28.2 Å². The summed E-state index contributed by atoms with van der Waals surface area (Å²) in [5.41, 5.74) is 0. The van der Waals surface area contributed by atoms with Gasteiger partial charge in [0.05, 0.1) is 20.1 Å². The zero-order valence-electron chi connectivity index (χ0n) is 14.7. The fraction of sp³-hybridized carbons (Fsp3) is 0.778. The molecule has 0 aromatic heterocycles. The summed E-state index contributed by atoms with van der Waals surface area (Å²) in [5, 5.41) is 0.765. The van der Waals surface area contributed by atoms with E-state index in [4.69, 9.17) is 139 Å². The molecule has 3 fully saturated rings. The van der Waals surface area contributed by atoms with Crippen LogP contribution in [-0.2, 0) is 0 Å². The molecule has 5 rings (SSSR count). The van der Waals surface area contributed by atoms with Crippen LogP contribution >= 0.6 is 139 Å². The Morgan fingerprint density at radius 1 is 0.400 bits per heavy atom. The van der Waals surface area contributed by atoms with Crippen LogP contribution in [-0.4, -0.2) is 28.2 Å². The minimum atomic E-state index is -1.58. The quantitative estimate of drug-likeness (QED) is 0.229. The highest BCUT2D eigenvalue weighted by Gasteiger charge is 2.85. The summed E-state index contributed by atoms with van der Waals surface area (Å²) in [6, 6.07) is 0. The van der Waals surface area contributed by atoms with Crippen LogP contribution in [0.3, 0.4) is 0 Å². The van der Waals surface area contributed by atoms with Crippen molar-refractivity contribution < 1.29 is 0 Å². The maximum absolute atomic E-state index is 7.02. The number of allylic oxidation sites excluding steroid dienone is 4. The predicted molar refractivity (Wildman–Crippen MR) is 133 cm³/mol. The Morgan fingerprint density at radius 3 is 0.733 bits per heavy atom. The lowest BCUT2D eigenvalue weighted by molar-refractivity contribution is 0.175. The smallest absolute Gasteiger partial charge is 0.109 e. The second kappa shape index (κ2) is 6.83. The molecule has 0 spiro atoms. The van der Waals surface area contributed by atoms with Crippen LogP contribution in [0.15, 0.2) is 20.1 Å². The molecule has 5 aliphatic rings. The van der Waals surface area contributed by atoms with Gasteiger partial charge >= 0.3 is 0 Å². The molecule has 4 bridgehead atoms. The van der Waals surface area contributed by atoms with Crippen molar-refractivity contribution in [3.05, 3.63) is 20.1 Å². The molecule has 0 aromatic rings. The first-order valence-electron chi connectivity index (χ1n) is 9.22. The third-order valence-electron chi connectivity index (χ3n) is 8.08. The lowest BCUT2D eigenvalue weighted by atomic mass is 9.67. The van der Waals surface area contributed by atoms with E-state index in [2.05, 4.69) is 0 Å². The Bertz CT molecular complexity index is 782. The summed E-state index contributed by atoms with van der Waals surface area (Å²) in [6.45, 7) is 0. The van der Waals surface area contributed by atoms with E-state index in [1.54, 1.807) is 0 Å². The maximum Gasteiger partial charge on any atom is 0.166 e. The Kier molecular flexibility index (Phi) is 5.61. The first kappa shape index (κ1) is 24.6. The number of fused-ring (bicyclic) bond motifs is 10. The summed E-state index contributed by atoms with van der Waals surface area (Å²) in [5.74, 6) is -0.976. The van der Waals surface area contributed by atoms with E-state index in [1.807, 2.05) is 0 Å². The normalized spacial score (nSPS) is 55.6. The number of hydrogen-bond donors (Lipinski definition) is 0. The van der Waals surface area contributed by atoms with Crippen LogP contribution in [0.1, 0.15) is 25.7 Å². The van der Waals surface area contributed by atoms with E-state index in [-0.39, 0.29) is 43.8 Å². The lowest BCUT2D eigenvalue weighted by Gasteiger charge is -2.44. The summed E-state index contributed by atoms with van der Waals surface area (Å²) >= 11 is 81.3. The van der Waals surface area contributed by atoms with Gasteiger partial charge in [-0.3, -0.25) is 0 Å². The Morgan fingerprint density at radius 2 is 0.567 bits per heavy atom. The number of alkyl halides is 8. The molecule has 168 valence electrons. The van der Waals surface area contributed by atoms with E-state index in [9.17, 15) is 0 Å². The number of halogens is 12. The molecule has 0 heterocycles. The Balaban J connectivity index is 1.62. The van der Waals surface area contributed by atoms with Gasteiger partial charge in [-0.25, -0.2) is 0 Å². The standard InChI is InChI=1S/C18H12Cl12/c19-9-10(20)15(25)7-3-4-8-6(2-1-5(7)13(9,23)17(15,27)28)14(24)11(21)12(22)16(8,26)18(14,29)30/h5-8H,1-4H2/t5-,6+,7+,8-,13-,14-,15+,16-/m0/s1. The average molecular weight is 654 g/mol. The van der Waals surface area contributed by atoms with Gasteiger partial charge in [0.2, 0.25) is 0 Å². The summed E-state index contributed by atoms with van der Waals surface area (Å²) in [6.07, 6.45) is 2.22. The highest BCUT2D eigenvalue weighted by atomic mass is 35.5. The van der Waals surface area contributed by atoms with Crippen LogP contribution in [0.5, 0.6) is 0 Å². The SMILES string of the molecule is ClC1=C(Cl)[C@@]2(Cl)[C@H]3CC[C@@H]4[C@H](CC[C@H]3[C@@]1(Cl)C2(Cl)Cl)[C@]1(Cl)C(Cl)=C(Cl)[C@@]4(Cl)C1(Cl)Cl. The molecule has 5 aliphatic carbocycles. The van der Waals surface area contributed by atoms with Gasteiger partial charge in [-0.15, -0.1) is 46.4 Å². The van der Waals surface area contributed by atoms with Crippen molar-refractivity contribution in [2.75, 3.05) is 0 Å². The molecular formula is C18H12Cl12. The van der Waals surface area contributed by atoms with Gasteiger partial charge in [0.15, 0.2) is 8.67 Å². The van der Waals surface area contributed by atoms with Crippen LogP contribution in [0.4, 0.5) is 0 Å². The highest BCUT2D eigenvalue weighted by molar-refractivity contribution is 6.66. The molecule has 0 radical (unpaired) electrons. The summed E-state index contributed by atoms with van der Waals surface area (Å²) < 4.78 is -3.17. The fourth-order valence-electron chi connectivity index (χ4n) is 6.73. The molecule has 0 amide bonds. The lowest BCUT2D eigenvalue weighted by Crippen LogP contribution is -2.45. The average Bonchev–Trinajstić information content (AvgIpc) is 2.96. The molecule has 3 saturated carbocycles. The molecule has 0 aliphatic heterocycles. The van der Waals surface area contributed by atoms with Crippen molar-refractivity contribution in [3.8, 4) is 0 Å². The van der Waals surface area contributed by atoms with Gasteiger partial charge < -0.3 is 0 Å². The second-order valence-electron chi connectivity index (χ2n) is 8.83. The molecule has 8 atom stereocenters. The molecule has 0 saturated heterocycles. The predicted octanol–water partition coefficient (Wildman–Crippen LogP) is 9.72. The molecule has 12 heteroatoms. The van der Waals surface area contributed by atoms with E-state index >= 15 is 0 Å². The van der Waals surface area contributed by atoms with Gasteiger partial charge in [0, 0.05) is 0 Å². The fourth-order valence-corrected chi connectivity index (χ4v) is 13.0. The van der Waals surface area contributed by atoms with E-state index in [1.165, 1.54) is 0 Å². The van der Waals surface area contributed by atoms with Crippen molar-refractivity contribution in [3.63, 3.8) is 0 Å². The van der Waals surface area contributed by atoms with Gasteiger partial charge in [-0.05, 0) is 49.4 Å². The minimum Gasteiger partial charge on any atom is -0.109 e. The third-order valence-corrected chi connectivity index (χ3v) is 16.8. The molecule has 0 nitrogen and oxygen atoms in total. The van der Waals surface area contributed by atoms with Gasteiger partial charge in [0.25, 0.3) is 0 Å². The molecule has 30 heavy (non-hydrogen) atoms. The molecule has 0 aromatic carbocycles. The third kappa shape index (κ3) is 2.18. The zero-order valence-corrected chi connectivity index (χ0v) is 23.7. The largest absolute Gasteiger partial charge is 0.166 e. The first-order valence-corrected chi connectivity index (χ1v) is 13.8. The molecular weight excluding hydrogens is 642 g/mol. The van der Waals surface area contributed by atoms with Crippen molar-refractivity contribution in [2.45, 2.75) is 53.8 Å². The van der Waals surface area contributed by atoms with Crippen molar-refractivity contribution in [1.82, 2.24) is 0 Å². The van der Waals surface area contributed by atoms with Crippen LogP contribution < -0.4 is 0 Å². The highest BCUT2D eigenvalue weighted by Crippen LogP contribution is 2.81. The number of rotatable bonds is 0. The van der Waals surface area contributed by atoms with E-state index in [0.29, 0.717) is 25.7 Å². The van der Waals surface area contributed by atoms with E-state index in [0.717, 1.165) is 0 Å². The summed E-state index contributed by atoms with van der Waals surface area (Å²) in [7, 11) is 0. The number of hydrogen-bond acceptors (Lipinski definition) is 0. The van der Waals surface area contributed by atoms with Gasteiger partial charge in [-0.1, -0.05) is 92.8 Å². The van der Waals surface area contributed by atoms with Crippen molar-refractivity contribution >= 4 is 139 Å². The molecule has 0 N–H and O–H groups in total. The molecule has 0 unspecified atom stereocenters. The second-order valence-corrected chi connectivity index (χ2v) is 15.4. The monoisotopic (exact) mass is 648 g/mol. The topological polar surface area (TPSA) is 0 Å². The van der Waals surface area contributed by atoms with Crippen molar-refractivity contribution in [1.29, 1.82) is 0 Å². The van der Waals surface area contributed by atoms with Gasteiger partial charge in [0.1, 0.15) is 19.5 Å². The van der Waals surface area contributed by atoms with Crippen LogP contribution in [0.25, 0.3) is 0 Å².